The van der Waals surface area contributed by atoms with Crippen LogP contribution < -0.4 is 22.1 Å². The molecule has 4 heterocycles. The molecule has 1 atom stereocenters. The molecule has 1 amide bonds. The lowest BCUT2D eigenvalue weighted by molar-refractivity contribution is 0.0611. The Balaban J connectivity index is 1.23. The van der Waals surface area contributed by atoms with E-state index >= 15 is 0 Å². The maximum Gasteiger partial charge on any atom is 0.419 e. The number of nitrogens with one attached hydrogen (secondary N) is 1. The van der Waals surface area contributed by atoms with Gasteiger partial charge >= 0.3 is 5.76 Å². The van der Waals surface area contributed by atoms with Crippen molar-refractivity contribution in [2.75, 3.05) is 43.4 Å². The number of aromatic hydroxyl groups is 1. The molecule has 0 aliphatic carbocycles. The van der Waals surface area contributed by atoms with Crippen molar-refractivity contribution in [3.63, 3.8) is 0 Å². The number of nitrogens with zero attached hydrogens (tertiary/aromatic N) is 5. The van der Waals surface area contributed by atoms with E-state index in [2.05, 4.69) is 36.6 Å². The number of carbonyl (C=O) groups is 1. The van der Waals surface area contributed by atoms with Gasteiger partial charge in [0.25, 0.3) is 5.91 Å². The highest BCUT2D eigenvalue weighted by Gasteiger charge is 2.34. The number of nitrogen functional groups attached to an aromatic ring is 1. The molecule has 5 rings (SSSR count). The van der Waals surface area contributed by atoms with E-state index in [4.69, 9.17) is 39.1 Å². The van der Waals surface area contributed by atoms with Gasteiger partial charge in [-0.25, -0.2) is 14.8 Å². The number of primary amides is 1. The number of carbonyl (C=O) groups excluding carboxylic acids is 1. The van der Waals surface area contributed by atoms with Crippen LogP contribution >= 0.6 is 23.2 Å². The fourth-order valence-electron chi connectivity index (χ4n) is 5.76. The van der Waals surface area contributed by atoms with Crippen molar-refractivity contribution in [1.82, 2.24) is 24.8 Å². The monoisotopic (exact) mass is 590 g/mol. The third kappa shape index (κ3) is 5.75. The summed E-state index contributed by atoms with van der Waals surface area (Å²) in [6, 6.07) is 6.13. The molecule has 1 aromatic carbocycles. The maximum absolute atomic E-state index is 11.6. The summed E-state index contributed by atoms with van der Waals surface area (Å²) in [5.41, 5.74) is 12.6. The molecule has 0 spiro atoms. The van der Waals surface area contributed by atoms with E-state index in [0.29, 0.717) is 41.6 Å². The number of amides is 1. The van der Waals surface area contributed by atoms with Gasteiger partial charge in [0.1, 0.15) is 0 Å². The number of aromatic amines is 1. The van der Waals surface area contributed by atoms with Gasteiger partial charge in [-0.1, -0.05) is 36.2 Å². The standard InChI is InChI=1S/C26H32Cl2N8O4/c1-2-16-13-35(24-21(28)31-19(23(30)37)22(29)32-24)9-10-36(16)17-5-7-34(8-6-17)12-14-3-4-15(27)11-18(14)20-25(38)33-26(39)40-20/h3-4,11,16-17,38H,2,5-10,12-13H2,1H3,(H2,29,32)(H2,30,37)(H,33,39)/t16-/m0/s1. The zero-order chi connectivity index (χ0) is 28.6. The van der Waals surface area contributed by atoms with Crippen LogP contribution in [-0.2, 0) is 6.54 Å². The second kappa shape index (κ2) is 11.7. The zero-order valence-corrected chi connectivity index (χ0v) is 23.6. The van der Waals surface area contributed by atoms with Crippen LogP contribution in [0, 0.1) is 0 Å². The number of piperazine rings is 1. The Hall–Kier alpha value is -3.32. The Bertz CT molecular complexity index is 1450. The largest absolute Gasteiger partial charge is 0.492 e. The minimum atomic E-state index is -0.762. The zero-order valence-electron chi connectivity index (χ0n) is 22.1. The lowest BCUT2D eigenvalue weighted by atomic mass is 9.97. The molecule has 0 saturated carbocycles. The average molecular weight is 592 g/mol. The van der Waals surface area contributed by atoms with E-state index in [-0.39, 0.29) is 28.3 Å². The molecule has 40 heavy (non-hydrogen) atoms. The summed E-state index contributed by atoms with van der Waals surface area (Å²) in [5.74, 6) is -1.24. The van der Waals surface area contributed by atoms with E-state index in [1.54, 1.807) is 12.1 Å². The van der Waals surface area contributed by atoms with Crippen LogP contribution in [0.25, 0.3) is 11.3 Å². The Morgan fingerprint density at radius 2 is 1.95 bits per heavy atom. The number of likely N-dealkylation sites (tertiary alicyclic amines) is 1. The van der Waals surface area contributed by atoms with E-state index in [9.17, 15) is 14.7 Å². The highest BCUT2D eigenvalue weighted by Crippen LogP contribution is 2.34. The Morgan fingerprint density at radius 1 is 1.20 bits per heavy atom. The van der Waals surface area contributed by atoms with Gasteiger partial charge in [0.05, 0.1) is 0 Å². The highest BCUT2D eigenvalue weighted by atomic mass is 35.5. The number of anilines is 2. The first-order chi connectivity index (χ1) is 19.1. The van der Waals surface area contributed by atoms with Crippen molar-refractivity contribution in [1.29, 1.82) is 0 Å². The van der Waals surface area contributed by atoms with Crippen LogP contribution in [0.4, 0.5) is 11.6 Å². The summed E-state index contributed by atoms with van der Waals surface area (Å²) in [6.07, 6.45) is 2.96. The lowest BCUT2D eigenvalue weighted by Crippen LogP contribution is -2.58. The molecule has 14 heteroatoms. The molecule has 6 N–H and O–H groups in total. The van der Waals surface area contributed by atoms with E-state index < -0.39 is 11.7 Å². The number of nitrogens with two attached hydrogens (primary N) is 2. The van der Waals surface area contributed by atoms with E-state index in [0.717, 1.165) is 51.0 Å². The van der Waals surface area contributed by atoms with Gasteiger partial charge in [-0.3, -0.25) is 19.6 Å². The summed E-state index contributed by atoms with van der Waals surface area (Å²) in [6.45, 7) is 6.87. The van der Waals surface area contributed by atoms with Crippen molar-refractivity contribution in [3.8, 4) is 17.2 Å². The molecule has 214 valence electrons. The normalized spacial score (nSPS) is 19.3. The number of H-pyrrole nitrogens is 1. The third-order valence-corrected chi connectivity index (χ3v) is 8.25. The number of hydrogen-bond acceptors (Lipinski definition) is 10. The summed E-state index contributed by atoms with van der Waals surface area (Å²) < 4.78 is 5.18. The summed E-state index contributed by atoms with van der Waals surface area (Å²) in [4.78, 5) is 40.9. The quantitative estimate of drug-likeness (QED) is 0.320. The first-order valence-corrected chi connectivity index (χ1v) is 14.0. The van der Waals surface area contributed by atoms with Crippen molar-refractivity contribution in [2.24, 2.45) is 5.73 Å². The smallest absolute Gasteiger partial charge is 0.419 e. The van der Waals surface area contributed by atoms with Crippen LogP contribution in [0.3, 0.4) is 0 Å². The van der Waals surface area contributed by atoms with Crippen LogP contribution in [0.5, 0.6) is 5.88 Å². The number of piperidine rings is 1. The summed E-state index contributed by atoms with van der Waals surface area (Å²) in [7, 11) is 0. The highest BCUT2D eigenvalue weighted by molar-refractivity contribution is 6.32. The van der Waals surface area contributed by atoms with Crippen molar-refractivity contribution in [3.05, 3.63) is 50.2 Å². The predicted molar refractivity (Wildman–Crippen MR) is 153 cm³/mol. The molecule has 12 nitrogen and oxygen atoms in total. The van der Waals surface area contributed by atoms with E-state index in [1.807, 2.05) is 6.07 Å². The van der Waals surface area contributed by atoms with Crippen molar-refractivity contribution < 1.29 is 14.3 Å². The number of halogens is 2. The van der Waals surface area contributed by atoms with Crippen molar-refractivity contribution >= 4 is 40.7 Å². The second-order valence-corrected chi connectivity index (χ2v) is 11.0. The first kappa shape index (κ1) is 28.2. The molecule has 3 aromatic rings. The Kier molecular flexibility index (Phi) is 8.22. The Labute approximate surface area is 240 Å². The maximum atomic E-state index is 11.6. The molecule has 2 aliphatic rings. The van der Waals surface area contributed by atoms with Gasteiger partial charge in [0.15, 0.2) is 28.2 Å². The average Bonchev–Trinajstić information content (AvgIpc) is 3.28. The van der Waals surface area contributed by atoms with Gasteiger partial charge < -0.3 is 25.9 Å². The van der Waals surface area contributed by atoms with Gasteiger partial charge in [-0.2, -0.15) is 0 Å². The molecule has 2 fully saturated rings. The fraction of sp³-hybridized carbons (Fsp3) is 0.462. The topological polar surface area (TPSA) is 171 Å². The molecule has 0 bridgehead atoms. The van der Waals surface area contributed by atoms with Gasteiger partial charge in [-0.05, 0) is 50.0 Å². The van der Waals surface area contributed by atoms with E-state index in [1.165, 1.54) is 0 Å². The SMILES string of the molecule is CC[C@H]1CN(c2nc(N)c(C(N)=O)nc2Cl)CCN1C1CCN(Cc2ccc(Cl)cc2-c2oc(=O)[nH]c2O)CC1. The molecule has 2 aromatic heterocycles. The lowest BCUT2D eigenvalue weighted by Gasteiger charge is -2.47. The molecular formula is C26H32Cl2N8O4. The second-order valence-electron chi connectivity index (χ2n) is 10.2. The molecule has 0 unspecified atom stereocenters. The van der Waals surface area contributed by atoms with Gasteiger partial charge in [0, 0.05) is 48.8 Å². The van der Waals surface area contributed by atoms with Crippen LogP contribution in [-0.4, -0.2) is 80.6 Å². The number of benzene rings is 1. The van der Waals surface area contributed by atoms with Crippen LogP contribution in [0.2, 0.25) is 10.2 Å². The fourth-order valence-corrected chi connectivity index (χ4v) is 6.18. The van der Waals surface area contributed by atoms with Crippen molar-refractivity contribution in [2.45, 2.75) is 44.8 Å². The predicted octanol–water partition coefficient (Wildman–Crippen LogP) is 2.68. The first-order valence-electron chi connectivity index (χ1n) is 13.2. The minimum Gasteiger partial charge on any atom is -0.492 e. The summed E-state index contributed by atoms with van der Waals surface area (Å²) in [5, 5.41) is 10.7. The number of oxazole rings is 1. The van der Waals surface area contributed by atoms with Crippen LogP contribution in [0.1, 0.15) is 42.2 Å². The van der Waals surface area contributed by atoms with Gasteiger partial charge in [-0.15, -0.1) is 0 Å². The number of rotatable bonds is 7. The molecule has 2 aliphatic heterocycles. The Morgan fingerprint density at radius 3 is 2.60 bits per heavy atom. The molecule has 2 saturated heterocycles. The molecule has 0 radical (unpaired) electrons. The number of hydrogen-bond donors (Lipinski definition) is 4. The molecular weight excluding hydrogens is 559 g/mol. The number of aromatic nitrogens is 3. The minimum absolute atomic E-state index is 0.0209. The third-order valence-electron chi connectivity index (χ3n) is 7.76. The van der Waals surface area contributed by atoms with Crippen LogP contribution in [0.15, 0.2) is 27.4 Å². The summed E-state index contributed by atoms with van der Waals surface area (Å²) >= 11 is 12.6. The van der Waals surface area contributed by atoms with Gasteiger partial charge in [0.2, 0.25) is 5.88 Å².